The number of benzene rings is 3. The van der Waals surface area contributed by atoms with Gasteiger partial charge in [-0.2, -0.15) is 0 Å². The molecule has 3 aromatic carbocycles. The number of nitrogens with zero attached hydrogens (tertiary/aromatic N) is 4. The molecule has 6 N–H and O–H groups in total. The van der Waals surface area contributed by atoms with Crippen molar-refractivity contribution in [2.45, 2.75) is 139 Å². The molecule has 402 valence electrons. The van der Waals surface area contributed by atoms with Crippen LogP contribution in [0.1, 0.15) is 135 Å². The third kappa shape index (κ3) is 12.4. The zero-order chi connectivity index (χ0) is 53.3. The summed E-state index contributed by atoms with van der Waals surface area (Å²) < 4.78 is 12.2. The Labute approximate surface area is 444 Å². The Morgan fingerprint density at radius 3 is 1.25 bits per heavy atom. The number of aromatic nitrogens is 2. The van der Waals surface area contributed by atoms with Crippen LogP contribution >= 0.6 is 0 Å². The minimum Gasteiger partial charge on any atom is -0.446 e. The van der Waals surface area contributed by atoms with Crippen LogP contribution in [0.15, 0.2) is 106 Å². The SMILES string of the molecule is CN[C@@H](C)C(=O)N[C@H](C(=O)N1C[C@@H](NC(=O)c2ccc(C(=O)N[C@H]3C[C@@H](c4nc(-c5ccccc5)co4)N(C(=O)[C@@H](NC(=O)[C@H](C)NC)C4CCCCC4)C3)cc2)C[C@H]1c1nc(-c2ccccc2)co1)C1CCCCC1. The van der Waals surface area contributed by atoms with Crippen molar-refractivity contribution in [3.8, 4) is 22.5 Å². The van der Waals surface area contributed by atoms with E-state index in [1.54, 1.807) is 74.5 Å². The molecule has 8 atom stereocenters. The lowest BCUT2D eigenvalue weighted by Gasteiger charge is -2.34. The number of rotatable bonds is 18. The molecule has 0 spiro atoms. The molecule has 18 heteroatoms. The molecule has 6 amide bonds. The Kier molecular flexibility index (Phi) is 17.4. The van der Waals surface area contributed by atoms with E-state index >= 15 is 0 Å². The number of carbonyl (C=O) groups is 6. The van der Waals surface area contributed by atoms with Gasteiger partial charge in [0.2, 0.25) is 35.4 Å². The van der Waals surface area contributed by atoms with Gasteiger partial charge in [-0.15, -0.1) is 0 Å². The molecule has 4 heterocycles. The normalized spacial score (nSPS) is 21.8. The third-order valence-corrected chi connectivity index (χ3v) is 16.0. The maximum atomic E-state index is 14.9. The molecular formula is C58H72N10O8. The first-order valence-corrected chi connectivity index (χ1v) is 27.2. The number of oxazole rings is 2. The monoisotopic (exact) mass is 1040 g/mol. The van der Waals surface area contributed by atoms with E-state index < -0.39 is 48.3 Å². The van der Waals surface area contributed by atoms with Gasteiger partial charge in [-0.1, -0.05) is 99.2 Å². The Hall–Kier alpha value is -7.18. The summed E-state index contributed by atoms with van der Waals surface area (Å²) in [6.07, 6.45) is 13.0. The second-order valence-electron chi connectivity index (χ2n) is 21.1. The summed E-state index contributed by atoms with van der Waals surface area (Å²) in [6.45, 7) is 3.83. The van der Waals surface area contributed by atoms with Crippen molar-refractivity contribution in [1.29, 1.82) is 0 Å². The van der Waals surface area contributed by atoms with Crippen LogP contribution in [0.4, 0.5) is 0 Å². The number of likely N-dealkylation sites (N-methyl/N-ethyl adjacent to an activating group) is 2. The van der Waals surface area contributed by atoms with E-state index in [1.165, 1.54) is 0 Å². The van der Waals surface area contributed by atoms with Crippen LogP contribution < -0.4 is 31.9 Å². The predicted molar refractivity (Wildman–Crippen MR) is 285 cm³/mol. The highest BCUT2D eigenvalue weighted by Gasteiger charge is 2.46. The largest absolute Gasteiger partial charge is 0.446 e. The van der Waals surface area contributed by atoms with Crippen LogP contribution in [-0.2, 0) is 19.2 Å². The molecule has 2 aliphatic heterocycles. The minimum absolute atomic E-state index is 0.0495. The minimum atomic E-state index is -0.769. The fourth-order valence-electron chi connectivity index (χ4n) is 11.4. The average Bonchev–Trinajstić information content (AvgIpc) is 4.33. The van der Waals surface area contributed by atoms with Gasteiger partial charge in [-0.3, -0.25) is 28.8 Å². The number of nitrogens with one attached hydrogen (secondary N) is 6. The third-order valence-electron chi connectivity index (χ3n) is 16.0. The average molecular weight is 1040 g/mol. The second kappa shape index (κ2) is 24.7. The molecule has 2 saturated carbocycles. The maximum absolute atomic E-state index is 14.9. The van der Waals surface area contributed by atoms with Gasteiger partial charge in [0.15, 0.2) is 0 Å². The van der Waals surface area contributed by atoms with E-state index in [4.69, 9.17) is 18.8 Å². The molecule has 4 aliphatic rings. The lowest BCUT2D eigenvalue weighted by Crippen LogP contribution is -2.56. The fourth-order valence-corrected chi connectivity index (χ4v) is 11.4. The lowest BCUT2D eigenvalue weighted by molar-refractivity contribution is -0.140. The Bertz CT molecular complexity index is 2600. The molecule has 2 aromatic heterocycles. The summed E-state index contributed by atoms with van der Waals surface area (Å²) in [5, 5.41) is 18.4. The number of amides is 6. The Balaban J connectivity index is 0.904. The summed E-state index contributed by atoms with van der Waals surface area (Å²) in [5.74, 6) is -1.21. The maximum Gasteiger partial charge on any atom is 0.251 e. The van der Waals surface area contributed by atoms with Gasteiger partial charge in [-0.05, 0) is 103 Å². The smallest absolute Gasteiger partial charge is 0.251 e. The first kappa shape index (κ1) is 53.6. The highest BCUT2D eigenvalue weighted by atomic mass is 16.3. The number of hydrogen-bond acceptors (Lipinski definition) is 12. The van der Waals surface area contributed by atoms with Gasteiger partial charge >= 0.3 is 0 Å². The van der Waals surface area contributed by atoms with Crippen molar-refractivity contribution >= 4 is 35.4 Å². The molecular weight excluding hydrogens is 965 g/mol. The van der Waals surface area contributed by atoms with Crippen LogP contribution in [-0.4, -0.2) is 119 Å². The summed E-state index contributed by atoms with van der Waals surface area (Å²) in [4.78, 5) is 97.7. The summed E-state index contributed by atoms with van der Waals surface area (Å²) in [7, 11) is 3.41. The standard InChI is InChI=1S/C58H72N10O8/c1-35(59-3)51(69)65-49(39-21-13-7-14-22-39)57(73)67-31-43(29-47(67)55-63-45(33-75-55)37-17-9-5-10-18-37)61-53(71)41-25-27-42(28-26-41)54(72)62-44-30-48(56-64-46(34-76-56)38-19-11-6-12-20-38)68(32-44)58(74)50(40-23-15-8-16-24-40)66-52(70)36(2)60-4/h5-6,9-12,17-20,25-28,33-36,39-40,43-44,47-50,59-60H,7-8,13-16,21-24,29-32H2,1-4H3,(H,61,71)(H,62,72)(H,65,69)(H,66,70)/t35-,36-,43-,44-,47-,48-,49-,50-/m0/s1. The van der Waals surface area contributed by atoms with E-state index in [9.17, 15) is 28.8 Å². The molecule has 2 saturated heterocycles. The highest BCUT2D eigenvalue weighted by Crippen LogP contribution is 2.38. The molecule has 4 fully saturated rings. The van der Waals surface area contributed by atoms with Gasteiger partial charge in [0, 0.05) is 47.4 Å². The summed E-state index contributed by atoms with van der Waals surface area (Å²) >= 11 is 0. The van der Waals surface area contributed by atoms with E-state index in [0.717, 1.165) is 75.3 Å². The van der Waals surface area contributed by atoms with Crippen molar-refractivity contribution < 1.29 is 37.6 Å². The van der Waals surface area contributed by atoms with E-state index in [1.807, 2.05) is 60.7 Å². The predicted octanol–water partition coefficient (Wildman–Crippen LogP) is 6.49. The number of carbonyl (C=O) groups excluding carboxylic acids is 6. The Morgan fingerprint density at radius 1 is 0.526 bits per heavy atom. The Morgan fingerprint density at radius 2 is 0.895 bits per heavy atom. The highest BCUT2D eigenvalue weighted by molar-refractivity contribution is 5.98. The zero-order valence-corrected chi connectivity index (χ0v) is 44.0. The molecule has 0 radical (unpaired) electrons. The van der Waals surface area contributed by atoms with Crippen LogP contribution in [0.25, 0.3) is 22.5 Å². The number of hydrogen-bond donors (Lipinski definition) is 6. The number of likely N-dealkylation sites (tertiary alicyclic amines) is 2. The van der Waals surface area contributed by atoms with E-state index in [-0.39, 0.29) is 60.4 Å². The van der Waals surface area contributed by atoms with Gasteiger partial charge in [-0.25, -0.2) is 9.97 Å². The molecule has 76 heavy (non-hydrogen) atoms. The lowest BCUT2D eigenvalue weighted by atomic mass is 9.83. The first-order chi connectivity index (χ1) is 36.9. The van der Waals surface area contributed by atoms with Crippen LogP contribution in [0, 0.1) is 11.8 Å². The van der Waals surface area contributed by atoms with Crippen LogP contribution in [0.2, 0.25) is 0 Å². The van der Waals surface area contributed by atoms with Gasteiger partial charge in [0.1, 0.15) is 48.1 Å². The zero-order valence-electron chi connectivity index (χ0n) is 44.0. The van der Waals surface area contributed by atoms with Crippen molar-refractivity contribution in [2.75, 3.05) is 27.2 Å². The van der Waals surface area contributed by atoms with Crippen molar-refractivity contribution in [3.63, 3.8) is 0 Å². The molecule has 5 aromatic rings. The van der Waals surface area contributed by atoms with Crippen molar-refractivity contribution in [2.24, 2.45) is 11.8 Å². The van der Waals surface area contributed by atoms with E-state index in [2.05, 4.69) is 31.9 Å². The molecule has 18 nitrogen and oxygen atoms in total. The fraction of sp³-hybridized carbons (Fsp3) is 0.483. The molecule has 9 rings (SSSR count). The summed E-state index contributed by atoms with van der Waals surface area (Å²) in [6, 6.07) is 20.8. The molecule has 0 bridgehead atoms. The van der Waals surface area contributed by atoms with E-state index in [0.29, 0.717) is 47.1 Å². The first-order valence-electron chi connectivity index (χ1n) is 27.2. The van der Waals surface area contributed by atoms with Gasteiger partial charge in [0.05, 0.1) is 12.1 Å². The molecule has 0 unspecified atom stereocenters. The molecule has 2 aliphatic carbocycles. The van der Waals surface area contributed by atoms with Gasteiger partial charge in [0.25, 0.3) is 11.8 Å². The quantitative estimate of drug-likeness (QED) is 0.0553. The van der Waals surface area contributed by atoms with Crippen LogP contribution in [0.3, 0.4) is 0 Å². The van der Waals surface area contributed by atoms with Crippen molar-refractivity contribution in [1.82, 2.24) is 51.7 Å². The topological polar surface area (TPSA) is 233 Å². The van der Waals surface area contributed by atoms with Gasteiger partial charge < -0.3 is 50.5 Å². The van der Waals surface area contributed by atoms with Crippen LogP contribution in [0.5, 0.6) is 0 Å². The summed E-state index contributed by atoms with van der Waals surface area (Å²) in [5.41, 5.74) is 3.58. The van der Waals surface area contributed by atoms with Crippen molar-refractivity contribution in [3.05, 3.63) is 120 Å². The second-order valence-corrected chi connectivity index (χ2v) is 21.1.